The topological polar surface area (TPSA) is 28.2 Å². The van der Waals surface area contributed by atoms with E-state index in [0.29, 0.717) is 6.04 Å². The molecule has 0 spiro atoms. The molecular weight excluding hydrogens is 186 g/mol. The van der Waals surface area contributed by atoms with Crippen molar-refractivity contribution in [3.05, 3.63) is 29.6 Å². The number of aryl methyl sites for hydroxylation is 1. The Morgan fingerprint density at radius 2 is 2.47 bits per heavy atom. The summed E-state index contributed by atoms with van der Waals surface area (Å²) in [6.07, 6.45) is 1.88. The lowest BCUT2D eigenvalue weighted by atomic mass is 10.2. The molecule has 1 fully saturated rings. The number of hydrogen-bond acceptors (Lipinski definition) is 3. The Balaban J connectivity index is 1.99. The molecule has 1 aliphatic heterocycles. The van der Waals surface area contributed by atoms with Crippen molar-refractivity contribution in [2.45, 2.75) is 26.4 Å². The van der Waals surface area contributed by atoms with Gasteiger partial charge in [0, 0.05) is 38.4 Å². The van der Waals surface area contributed by atoms with Crippen LogP contribution in [-0.4, -0.2) is 35.6 Å². The molecule has 0 amide bonds. The van der Waals surface area contributed by atoms with E-state index < -0.39 is 0 Å². The largest absolute Gasteiger partial charge is 0.312 e. The molecule has 3 heteroatoms. The highest BCUT2D eigenvalue weighted by Gasteiger charge is 2.16. The average Bonchev–Trinajstić information content (AvgIpc) is 2.22. The zero-order valence-corrected chi connectivity index (χ0v) is 9.53. The predicted octanol–water partition coefficient (Wildman–Crippen LogP) is 1.18. The Kier molecular flexibility index (Phi) is 3.34. The van der Waals surface area contributed by atoms with E-state index in [9.17, 15) is 0 Å². The van der Waals surface area contributed by atoms with Crippen molar-refractivity contribution in [1.82, 2.24) is 15.2 Å². The molecule has 1 N–H and O–H groups in total. The van der Waals surface area contributed by atoms with Gasteiger partial charge in [-0.25, -0.2) is 0 Å². The predicted molar refractivity (Wildman–Crippen MR) is 61.7 cm³/mol. The van der Waals surface area contributed by atoms with Gasteiger partial charge in [0.2, 0.25) is 0 Å². The van der Waals surface area contributed by atoms with Crippen LogP contribution in [0.1, 0.15) is 18.2 Å². The fourth-order valence-corrected chi connectivity index (χ4v) is 2.05. The molecule has 0 unspecified atom stereocenters. The third kappa shape index (κ3) is 2.76. The van der Waals surface area contributed by atoms with Crippen molar-refractivity contribution >= 4 is 0 Å². The summed E-state index contributed by atoms with van der Waals surface area (Å²) in [4.78, 5) is 6.90. The highest BCUT2D eigenvalue weighted by atomic mass is 15.2. The second-order valence-corrected chi connectivity index (χ2v) is 4.36. The fraction of sp³-hybridized carbons (Fsp3) is 0.583. The monoisotopic (exact) mass is 205 g/mol. The molecule has 1 aromatic rings. The van der Waals surface area contributed by atoms with Crippen LogP contribution < -0.4 is 5.32 Å². The van der Waals surface area contributed by atoms with Crippen molar-refractivity contribution in [2.24, 2.45) is 0 Å². The maximum Gasteiger partial charge on any atom is 0.0573 e. The smallest absolute Gasteiger partial charge is 0.0573 e. The van der Waals surface area contributed by atoms with Gasteiger partial charge in [0.15, 0.2) is 0 Å². The minimum atomic E-state index is 0.600. The molecule has 0 radical (unpaired) electrons. The number of piperazine rings is 1. The Hall–Kier alpha value is -0.930. The number of aromatic nitrogens is 1. The first kappa shape index (κ1) is 10.6. The quantitative estimate of drug-likeness (QED) is 0.786. The Labute approximate surface area is 91.5 Å². The van der Waals surface area contributed by atoms with Crippen molar-refractivity contribution < 1.29 is 0 Å². The van der Waals surface area contributed by atoms with Gasteiger partial charge in [0.25, 0.3) is 0 Å². The lowest BCUT2D eigenvalue weighted by molar-refractivity contribution is 0.197. The van der Waals surface area contributed by atoms with E-state index in [0.717, 1.165) is 26.2 Å². The fourth-order valence-electron chi connectivity index (χ4n) is 2.05. The van der Waals surface area contributed by atoms with Crippen molar-refractivity contribution in [1.29, 1.82) is 0 Å². The minimum Gasteiger partial charge on any atom is -0.312 e. The van der Waals surface area contributed by atoms with Gasteiger partial charge in [-0.05, 0) is 25.5 Å². The summed E-state index contributed by atoms with van der Waals surface area (Å²) < 4.78 is 0. The SMILES string of the molecule is Cc1cccnc1CN1CCN[C@H](C)C1. The van der Waals surface area contributed by atoms with Gasteiger partial charge in [0.05, 0.1) is 5.69 Å². The Bertz CT molecular complexity index is 324. The molecule has 3 nitrogen and oxygen atoms in total. The summed E-state index contributed by atoms with van der Waals surface area (Å²) in [5, 5.41) is 3.45. The van der Waals surface area contributed by atoms with E-state index in [1.807, 2.05) is 12.3 Å². The molecule has 2 rings (SSSR count). The maximum atomic E-state index is 4.44. The van der Waals surface area contributed by atoms with Gasteiger partial charge < -0.3 is 5.32 Å². The summed E-state index contributed by atoms with van der Waals surface area (Å²) in [6.45, 7) is 8.69. The molecular formula is C12H19N3. The number of nitrogens with zero attached hydrogens (tertiary/aromatic N) is 2. The van der Waals surface area contributed by atoms with Gasteiger partial charge in [-0.3, -0.25) is 9.88 Å². The number of rotatable bonds is 2. The third-order valence-corrected chi connectivity index (χ3v) is 2.94. The number of pyridine rings is 1. The van der Waals surface area contributed by atoms with Crippen molar-refractivity contribution in [3.8, 4) is 0 Å². The summed E-state index contributed by atoms with van der Waals surface area (Å²) in [5.41, 5.74) is 2.51. The zero-order valence-electron chi connectivity index (χ0n) is 9.53. The minimum absolute atomic E-state index is 0.600. The Morgan fingerprint density at radius 1 is 1.60 bits per heavy atom. The van der Waals surface area contributed by atoms with Gasteiger partial charge in [-0.2, -0.15) is 0 Å². The van der Waals surface area contributed by atoms with Gasteiger partial charge >= 0.3 is 0 Å². The second kappa shape index (κ2) is 4.73. The molecule has 1 atom stereocenters. The van der Waals surface area contributed by atoms with Gasteiger partial charge in [-0.15, -0.1) is 0 Å². The lowest BCUT2D eigenvalue weighted by Gasteiger charge is -2.31. The molecule has 1 aliphatic rings. The summed E-state index contributed by atoms with van der Waals surface area (Å²) in [7, 11) is 0. The van der Waals surface area contributed by atoms with Gasteiger partial charge in [-0.1, -0.05) is 6.07 Å². The highest BCUT2D eigenvalue weighted by molar-refractivity contribution is 5.17. The van der Waals surface area contributed by atoms with Crippen LogP contribution in [0, 0.1) is 6.92 Å². The van der Waals surface area contributed by atoms with Crippen LogP contribution in [0.15, 0.2) is 18.3 Å². The molecule has 82 valence electrons. The van der Waals surface area contributed by atoms with E-state index in [1.165, 1.54) is 11.3 Å². The third-order valence-electron chi connectivity index (χ3n) is 2.94. The molecule has 1 aromatic heterocycles. The first-order valence-corrected chi connectivity index (χ1v) is 5.62. The highest BCUT2D eigenvalue weighted by Crippen LogP contribution is 2.09. The average molecular weight is 205 g/mol. The number of nitrogens with one attached hydrogen (secondary N) is 1. The van der Waals surface area contributed by atoms with Gasteiger partial charge in [0.1, 0.15) is 0 Å². The normalized spacial score (nSPS) is 22.9. The summed E-state index contributed by atoms with van der Waals surface area (Å²) in [6, 6.07) is 4.73. The van der Waals surface area contributed by atoms with Crippen molar-refractivity contribution in [3.63, 3.8) is 0 Å². The summed E-state index contributed by atoms with van der Waals surface area (Å²) >= 11 is 0. The van der Waals surface area contributed by atoms with Crippen molar-refractivity contribution in [2.75, 3.05) is 19.6 Å². The molecule has 0 aromatic carbocycles. The van der Waals surface area contributed by atoms with Crippen LogP contribution >= 0.6 is 0 Å². The van der Waals surface area contributed by atoms with Crippen LogP contribution in [0.2, 0.25) is 0 Å². The van der Waals surface area contributed by atoms with E-state index in [4.69, 9.17) is 0 Å². The first-order valence-electron chi connectivity index (χ1n) is 5.62. The molecule has 2 heterocycles. The second-order valence-electron chi connectivity index (χ2n) is 4.36. The van der Waals surface area contributed by atoms with E-state index >= 15 is 0 Å². The van der Waals surface area contributed by atoms with Crippen LogP contribution in [0.5, 0.6) is 0 Å². The molecule has 15 heavy (non-hydrogen) atoms. The Morgan fingerprint density at radius 3 is 3.20 bits per heavy atom. The van der Waals surface area contributed by atoms with Crippen LogP contribution in [0.25, 0.3) is 0 Å². The maximum absolute atomic E-state index is 4.44. The van der Waals surface area contributed by atoms with Crippen LogP contribution in [-0.2, 0) is 6.54 Å². The van der Waals surface area contributed by atoms with E-state index in [1.54, 1.807) is 0 Å². The number of hydrogen-bond donors (Lipinski definition) is 1. The molecule has 0 saturated carbocycles. The van der Waals surface area contributed by atoms with Crippen LogP contribution in [0.3, 0.4) is 0 Å². The lowest BCUT2D eigenvalue weighted by Crippen LogP contribution is -2.48. The molecule has 1 saturated heterocycles. The first-order chi connectivity index (χ1) is 7.25. The molecule has 0 bridgehead atoms. The van der Waals surface area contributed by atoms with E-state index in [2.05, 4.69) is 35.1 Å². The zero-order chi connectivity index (χ0) is 10.7. The molecule has 0 aliphatic carbocycles. The van der Waals surface area contributed by atoms with Crippen LogP contribution in [0.4, 0.5) is 0 Å². The standard InChI is InChI=1S/C12H19N3/c1-10-4-3-5-14-12(10)9-15-7-6-13-11(2)8-15/h3-5,11,13H,6-9H2,1-2H3/t11-/m1/s1. The van der Waals surface area contributed by atoms with E-state index in [-0.39, 0.29) is 0 Å². The summed E-state index contributed by atoms with van der Waals surface area (Å²) in [5.74, 6) is 0.